The molecule has 1 aromatic heterocycles. The van der Waals surface area contributed by atoms with Crippen LogP contribution in [0.25, 0.3) is 11.0 Å². The molecule has 0 unspecified atom stereocenters. The van der Waals surface area contributed by atoms with Crippen molar-refractivity contribution < 1.29 is 22.7 Å². The second-order valence-electron chi connectivity index (χ2n) is 5.92. The number of rotatable bonds is 7. The molecule has 0 aliphatic carbocycles. The molecule has 0 saturated heterocycles. The van der Waals surface area contributed by atoms with Gasteiger partial charge in [-0.05, 0) is 55.2 Å². The average molecular weight is 362 g/mol. The van der Waals surface area contributed by atoms with Crippen molar-refractivity contribution in [1.82, 2.24) is 9.97 Å². The summed E-state index contributed by atoms with van der Waals surface area (Å²) >= 11 is 0. The summed E-state index contributed by atoms with van der Waals surface area (Å²) in [5.41, 5.74) is 1.93. The molecule has 0 saturated carbocycles. The van der Waals surface area contributed by atoms with Gasteiger partial charge in [0.05, 0.1) is 23.2 Å². The number of carbonyl (C=O) groups is 1. The number of imidazole rings is 1. The van der Waals surface area contributed by atoms with Crippen LogP contribution < -0.4 is 4.74 Å². The lowest BCUT2D eigenvalue weighted by atomic mass is 10.1. The van der Waals surface area contributed by atoms with Crippen LogP contribution in [0.1, 0.15) is 34.6 Å². The van der Waals surface area contributed by atoms with Gasteiger partial charge in [0.25, 0.3) is 0 Å². The number of aldehydes is 1. The van der Waals surface area contributed by atoms with Crippen molar-refractivity contribution in [2.45, 2.75) is 25.4 Å². The molecular formula is C19H17F3N2O2. The van der Waals surface area contributed by atoms with Crippen LogP contribution >= 0.6 is 0 Å². The number of unbranched alkanes of at least 4 members (excludes halogenated alkanes) is 1. The fourth-order valence-electron chi connectivity index (χ4n) is 2.67. The molecule has 0 atom stereocenters. The molecule has 1 heterocycles. The van der Waals surface area contributed by atoms with Gasteiger partial charge in [-0.1, -0.05) is 12.1 Å². The van der Waals surface area contributed by atoms with Gasteiger partial charge in [0.1, 0.15) is 5.75 Å². The normalized spacial score (nSPS) is 11.7. The number of ether oxygens (including phenoxy) is 1. The molecule has 4 nitrogen and oxygen atoms in total. The Morgan fingerprint density at radius 3 is 2.73 bits per heavy atom. The van der Waals surface area contributed by atoms with Crippen molar-refractivity contribution >= 4 is 17.3 Å². The minimum absolute atomic E-state index is 0.222. The lowest BCUT2D eigenvalue weighted by Gasteiger charge is -2.10. The van der Waals surface area contributed by atoms with Gasteiger partial charge in [-0.3, -0.25) is 4.79 Å². The molecule has 0 fully saturated rings. The standard InChI is InChI=1S/C19H17F3N2O2/c20-19(21,22)14-5-3-6-15(11-14)26-9-2-1-4-13-7-8-16-17(10-13)24-18(12-25)23-16/h3,5-8,10-12H,1-2,4,9H2,(H,23,24). The Hall–Kier alpha value is -2.83. The van der Waals surface area contributed by atoms with Gasteiger partial charge >= 0.3 is 6.18 Å². The Labute approximate surface area is 148 Å². The molecule has 26 heavy (non-hydrogen) atoms. The van der Waals surface area contributed by atoms with Crippen LogP contribution in [-0.2, 0) is 12.6 Å². The van der Waals surface area contributed by atoms with Gasteiger partial charge in [0, 0.05) is 0 Å². The highest BCUT2D eigenvalue weighted by atomic mass is 19.4. The number of nitrogens with one attached hydrogen (secondary N) is 1. The Kier molecular flexibility index (Phi) is 5.25. The molecule has 3 rings (SSSR count). The van der Waals surface area contributed by atoms with E-state index in [9.17, 15) is 18.0 Å². The van der Waals surface area contributed by atoms with Gasteiger partial charge in [-0.2, -0.15) is 13.2 Å². The van der Waals surface area contributed by atoms with Gasteiger partial charge in [-0.25, -0.2) is 4.98 Å². The van der Waals surface area contributed by atoms with E-state index in [1.165, 1.54) is 12.1 Å². The first-order valence-corrected chi connectivity index (χ1v) is 8.19. The second kappa shape index (κ2) is 7.59. The maximum Gasteiger partial charge on any atom is 0.416 e. The molecular weight excluding hydrogens is 345 g/mol. The van der Waals surface area contributed by atoms with E-state index in [0.29, 0.717) is 18.7 Å². The number of carbonyl (C=O) groups excluding carboxylic acids is 1. The highest BCUT2D eigenvalue weighted by Crippen LogP contribution is 2.31. The zero-order valence-electron chi connectivity index (χ0n) is 13.8. The third-order valence-corrected chi connectivity index (χ3v) is 3.97. The summed E-state index contributed by atoms with van der Waals surface area (Å²) < 4.78 is 43.4. The van der Waals surface area contributed by atoms with Crippen molar-refractivity contribution in [2.75, 3.05) is 6.61 Å². The van der Waals surface area contributed by atoms with Gasteiger partial charge in [-0.15, -0.1) is 0 Å². The summed E-state index contributed by atoms with van der Waals surface area (Å²) in [4.78, 5) is 17.8. The first-order chi connectivity index (χ1) is 12.5. The number of hydrogen-bond donors (Lipinski definition) is 1. The molecule has 1 N–H and O–H groups in total. The van der Waals surface area contributed by atoms with Crippen LogP contribution in [0.5, 0.6) is 5.75 Å². The summed E-state index contributed by atoms with van der Waals surface area (Å²) in [5, 5.41) is 0. The molecule has 0 amide bonds. The fraction of sp³-hybridized carbons (Fsp3) is 0.263. The van der Waals surface area contributed by atoms with Crippen molar-refractivity contribution in [3.8, 4) is 5.75 Å². The Bertz CT molecular complexity index is 903. The van der Waals surface area contributed by atoms with E-state index in [1.54, 1.807) is 0 Å². The zero-order chi connectivity index (χ0) is 18.6. The smallest absolute Gasteiger partial charge is 0.416 e. The molecule has 0 aliphatic heterocycles. The van der Waals surface area contributed by atoms with E-state index in [4.69, 9.17) is 4.74 Å². The number of benzene rings is 2. The van der Waals surface area contributed by atoms with E-state index in [1.807, 2.05) is 18.2 Å². The lowest BCUT2D eigenvalue weighted by molar-refractivity contribution is -0.137. The number of hydrogen-bond acceptors (Lipinski definition) is 3. The number of aryl methyl sites for hydroxylation is 1. The molecule has 0 radical (unpaired) electrons. The van der Waals surface area contributed by atoms with Crippen LogP contribution in [-0.4, -0.2) is 22.9 Å². The molecule has 2 aromatic carbocycles. The van der Waals surface area contributed by atoms with E-state index < -0.39 is 11.7 Å². The first kappa shape index (κ1) is 18.0. The van der Waals surface area contributed by atoms with Crippen molar-refractivity contribution in [3.63, 3.8) is 0 Å². The lowest BCUT2D eigenvalue weighted by Crippen LogP contribution is -2.05. The molecule has 0 spiro atoms. The number of fused-ring (bicyclic) bond motifs is 1. The average Bonchev–Trinajstić information content (AvgIpc) is 3.03. The third kappa shape index (κ3) is 4.41. The monoisotopic (exact) mass is 362 g/mol. The summed E-state index contributed by atoms with van der Waals surface area (Å²) in [5.74, 6) is 0.520. The quantitative estimate of drug-likeness (QED) is 0.485. The predicted octanol–water partition coefficient (Wildman–Crippen LogP) is 4.80. The number of aromatic nitrogens is 2. The summed E-state index contributed by atoms with van der Waals surface area (Å²) in [6.07, 6.45) is -1.34. The predicted molar refractivity (Wildman–Crippen MR) is 91.4 cm³/mol. The highest BCUT2D eigenvalue weighted by Gasteiger charge is 2.30. The minimum Gasteiger partial charge on any atom is -0.494 e. The maximum atomic E-state index is 12.7. The Balaban J connectivity index is 1.48. The number of aromatic amines is 1. The maximum absolute atomic E-state index is 12.7. The van der Waals surface area contributed by atoms with Crippen molar-refractivity contribution in [2.24, 2.45) is 0 Å². The molecule has 0 aliphatic rings. The van der Waals surface area contributed by atoms with Crippen LogP contribution in [0.15, 0.2) is 42.5 Å². The molecule has 0 bridgehead atoms. The summed E-state index contributed by atoms with van der Waals surface area (Å²) in [6, 6.07) is 10.6. The SMILES string of the molecule is O=Cc1nc2ccc(CCCCOc3cccc(C(F)(F)F)c3)cc2[nH]1. The van der Waals surface area contributed by atoms with Crippen molar-refractivity contribution in [1.29, 1.82) is 0 Å². The van der Waals surface area contributed by atoms with E-state index in [-0.39, 0.29) is 5.75 Å². The van der Waals surface area contributed by atoms with Crippen LogP contribution in [0.3, 0.4) is 0 Å². The number of alkyl halides is 3. The van der Waals surface area contributed by atoms with Crippen LogP contribution in [0, 0.1) is 0 Å². The first-order valence-electron chi connectivity index (χ1n) is 8.19. The zero-order valence-corrected chi connectivity index (χ0v) is 13.8. The Morgan fingerprint density at radius 1 is 1.12 bits per heavy atom. The van der Waals surface area contributed by atoms with Gasteiger partial charge < -0.3 is 9.72 Å². The van der Waals surface area contributed by atoms with Crippen LogP contribution in [0.2, 0.25) is 0 Å². The number of H-pyrrole nitrogens is 1. The van der Waals surface area contributed by atoms with E-state index >= 15 is 0 Å². The number of halogens is 3. The number of nitrogens with zero attached hydrogens (tertiary/aromatic N) is 1. The van der Waals surface area contributed by atoms with Crippen molar-refractivity contribution in [3.05, 3.63) is 59.4 Å². The molecule has 7 heteroatoms. The molecule has 3 aromatic rings. The topological polar surface area (TPSA) is 55.0 Å². The summed E-state index contributed by atoms with van der Waals surface area (Å²) in [7, 11) is 0. The van der Waals surface area contributed by atoms with Gasteiger partial charge in [0.15, 0.2) is 12.1 Å². The van der Waals surface area contributed by atoms with E-state index in [2.05, 4.69) is 9.97 Å². The molecule has 136 valence electrons. The second-order valence-corrected chi connectivity index (χ2v) is 5.92. The largest absolute Gasteiger partial charge is 0.494 e. The van der Waals surface area contributed by atoms with Gasteiger partial charge in [0.2, 0.25) is 0 Å². The highest BCUT2D eigenvalue weighted by molar-refractivity contribution is 5.82. The van der Waals surface area contributed by atoms with E-state index in [0.717, 1.165) is 48.0 Å². The third-order valence-electron chi connectivity index (χ3n) is 3.97. The fourth-order valence-corrected chi connectivity index (χ4v) is 2.67. The van der Waals surface area contributed by atoms with Crippen LogP contribution in [0.4, 0.5) is 13.2 Å². The summed E-state index contributed by atoms with van der Waals surface area (Å²) in [6.45, 7) is 0.350. The Morgan fingerprint density at radius 2 is 1.96 bits per heavy atom. The minimum atomic E-state index is -4.37.